The van der Waals surface area contributed by atoms with Gasteiger partial charge in [-0.3, -0.25) is 14.4 Å². The van der Waals surface area contributed by atoms with Crippen LogP contribution in [0.15, 0.2) is 71.8 Å². The van der Waals surface area contributed by atoms with Crippen LogP contribution in [-0.4, -0.2) is 121 Å². The van der Waals surface area contributed by atoms with E-state index in [9.17, 15) is 24.3 Å². The summed E-state index contributed by atoms with van der Waals surface area (Å²) in [5, 5.41) is 20.9. The van der Waals surface area contributed by atoms with E-state index in [-0.39, 0.29) is 42.8 Å². The highest BCUT2D eigenvalue weighted by molar-refractivity contribution is 5.94. The van der Waals surface area contributed by atoms with Crippen LogP contribution in [0.2, 0.25) is 0 Å². The molecule has 2 aromatic rings. The normalized spacial score (nSPS) is 29.6. The molecule has 11 atom stereocenters. The van der Waals surface area contributed by atoms with Gasteiger partial charge in [0.2, 0.25) is 6.10 Å². The van der Waals surface area contributed by atoms with Gasteiger partial charge in [0, 0.05) is 57.7 Å². The third-order valence-electron chi connectivity index (χ3n) is 12.8. The fourth-order valence-electron chi connectivity index (χ4n) is 9.60. The summed E-state index contributed by atoms with van der Waals surface area (Å²) in [7, 11) is 2.97. The van der Waals surface area contributed by atoms with Crippen LogP contribution in [0, 0.1) is 22.7 Å². The number of rotatable bonds is 10. The van der Waals surface area contributed by atoms with Crippen molar-refractivity contribution >= 4 is 35.8 Å². The van der Waals surface area contributed by atoms with Gasteiger partial charge in [0.15, 0.2) is 5.78 Å². The number of Topliss-reactive ketones (excluding diaryl/α,β-unsaturated/α-hetero) is 1. The number of ketones is 1. The molecule has 6 N–H and O–H groups in total. The lowest BCUT2D eigenvalue weighted by molar-refractivity contribution is -0.280. The molecule has 2 bridgehead atoms. The van der Waals surface area contributed by atoms with Crippen LogP contribution >= 0.6 is 0 Å². The number of carbonyl (C=O) groups excluding carboxylic acids is 5. The SMILES string of the molecule is CC(=O)O.CC(C)(C)OC(N)=O.CO[C@H]1C(=O)C2(C)C(C3CO[C@@H]3C[C@@H]2OC)[C@H](OC(=O)c2ccccc2)[C@]2(O)C[C@H](OC(=O)[C@@H](Cc3ccccc3)OC(=O)C(C)N)C(C)=C1C2(C)C. The summed E-state index contributed by atoms with van der Waals surface area (Å²) in [5.74, 6) is -4.52. The van der Waals surface area contributed by atoms with Crippen molar-refractivity contribution in [2.24, 2.45) is 34.1 Å². The van der Waals surface area contributed by atoms with Crippen molar-refractivity contribution < 1.29 is 72.1 Å². The highest BCUT2D eigenvalue weighted by Gasteiger charge is 2.72. The van der Waals surface area contributed by atoms with Crippen LogP contribution in [0.1, 0.15) is 91.1 Å². The third-order valence-corrected chi connectivity index (χ3v) is 12.8. The van der Waals surface area contributed by atoms with Crippen molar-refractivity contribution in [3.63, 3.8) is 0 Å². The molecule has 1 saturated heterocycles. The Labute approximate surface area is 380 Å². The molecule has 65 heavy (non-hydrogen) atoms. The summed E-state index contributed by atoms with van der Waals surface area (Å²) in [5.41, 5.74) is 7.47. The Hall–Kier alpha value is -5.20. The Kier molecular flexibility index (Phi) is 16.9. The van der Waals surface area contributed by atoms with Crippen molar-refractivity contribution in [3.8, 4) is 0 Å². The predicted octanol–water partition coefficient (Wildman–Crippen LogP) is 4.73. The number of primary amides is 1. The van der Waals surface area contributed by atoms with E-state index < -0.39 is 94.5 Å². The number of amides is 1. The van der Waals surface area contributed by atoms with E-state index in [1.54, 1.807) is 96.1 Å². The smallest absolute Gasteiger partial charge is 0.405 e. The Bertz CT molecular complexity index is 2060. The molecule has 2 aromatic carbocycles. The lowest BCUT2D eigenvalue weighted by Crippen LogP contribution is -2.75. The quantitative estimate of drug-likeness (QED) is 0.143. The van der Waals surface area contributed by atoms with Crippen LogP contribution in [0.4, 0.5) is 4.79 Å². The zero-order chi connectivity index (χ0) is 48.8. The van der Waals surface area contributed by atoms with Gasteiger partial charge in [0.25, 0.3) is 5.97 Å². The third kappa shape index (κ3) is 11.4. The molecule has 0 radical (unpaired) electrons. The highest BCUT2D eigenvalue weighted by Crippen LogP contribution is 2.63. The minimum atomic E-state index is -1.94. The summed E-state index contributed by atoms with van der Waals surface area (Å²) in [6.45, 7) is 15.3. The molecule has 2 saturated carbocycles. The number of hydrogen-bond donors (Lipinski definition) is 4. The van der Waals surface area contributed by atoms with Crippen molar-refractivity contribution in [1.82, 2.24) is 0 Å². The zero-order valence-corrected chi connectivity index (χ0v) is 39.2. The van der Waals surface area contributed by atoms with Gasteiger partial charge in [0.1, 0.15) is 35.6 Å². The lowest BCUT2D eigenvalue weighted by atomic mass is 9.46. The summed E-state index contributed by atoms with van der Waals surface area (Å²) in [6.07, 6.45) is -6.43. The second-order valence-electron chi connectivity index (χ2n) is 18.7. The minimum absolute atomic E-state index is 0.00856. The number of methoxy groups -OCH3 is 2. The van der Waals surface area contributed by atoms with Crippen molar-refractivity contribution in [1.29, 1.82) is 0 Å². The van der Waals surface area contributed by atoms with E-state index in [2.05, 4.69) is 4.74 Å². The predicted molar refractivity (Wildman–Crippen MR) is 235 cm³/mol. The van der Waals surface area contributed by atoms with E-state index in [4.69, 9.17) is 49.8 Å². The molecule has 1 amide bonds. The molecule has 4 unspecified atom stereocenters. The summed E-state index contributed by atoms with van der Waals surface area (Å²) >= 11 is 0. The first-order chi connectivity index (χ1) is 30.2. The number of esters is 3. The second-order valence-corrected chi connectivity index (χ2v) is 18.7. The number of benzene rings is 2. The van der Waals surface area contributed by atoms with Crippen molar-refractivity contribution in [2.45, 2.75) is 135 Å². The van der Waals surface area contributed by atoms with E-state index in [1.807, 2.05) is 13.0 Å². The van der Waals surface area contributed by atoms with Crippen molar-refractivity contribution in [3.05, 3.63) is 82.9 Å². The molecular formula is C48H66N2O15. The number of carbonyl (C=O) groups is 6. The molecule has 3 fully saturated rings. The van der Waals surface area contributed by atoms with Gasteiger partial charge in [-0.2, -0.15) is 0 Å². The summed E-state index contributed by atoms with van der Waals surface area (Å²) < 4.78 is 41.0. The maximum Gasteiger partial charge on any atom is 0.405 e. The average Bonchev–Trinajstić information content (AvgIpc) is 3.20. The number of nitrogens with two attached hydrogens (primary N) is 2. The zero-order valence-electron chi connectivity index (χ0n) is 39.2. The first-order valence-electron chi connectivity index (χ1n) is 21.5. The van der Waals surface area contributed by atoms with Gasteiger partial charge >= 0.3 is 24.0 Å². The average molecular weight is 911 g/mol. The topological polar surface area (TPSA) is 260 Å². The molecule has 0 aromatic heterocycles. The number of hydrogen-bond acceptors (Lipinski definition) is 15. The molecule has 1 aliphatic heterocycles. The number of carboxylic acids is 1. The summed E-state index contributed by atoms with van der Waals surface area (Å²) in [6, 6.07) is 16.5. The molecule has 1 heterocycles. The molecule has 3 aliphatic carbocycles. The van der Waals surface area contributed by atoms with E-state index in [0.29, 0.717) is 17.6 Å². The molecule has 358 valence electrons. The van der Waals surface area contributed by atoms with E-state index in [0.717, 1.165) is 12.5 Å². The Balaban J connectivity index is 0.000000681. The Morgan fingerprint density at radius 2 is 1.49 bits per heavy atom. The number of carboxylic acid groups (broad SMARTS) is 1. The fraction of sp³-hybridized carbons (Fsp3) is 0.583. The van der Waals surface area contributed by atoms with Crippen LogP contribution in [0.5, 0.6) is 0 Å². The molecule has 17 nitrogen and oxygen atoms in total. The Morgan fingerprint density at radius 1 is 0.923 bits per heavy atom. The summed E-state index contributed by atoms with van der Waals surface area (Å²) in [4.78, 5) is 75.1. The number of aliphatic carboxylic acids is 1. The standard InChI is InChI=1S/C41H51NO11.C5H11NO2.C2H4O2/c1-22-29(52-38(46)28(51-36(44)23(2)42)18-24-14-10-8-11-15-24)20-41(47)35(53-37(45)25-16-12-9-13-17-25)32-26-21-50-27(26)19-30(48-6)40(32,5)34(43)33(49-7)31(22)39(41,3)4;1-5(2,3)8-4(6)7;1-2(3)4/h8-17,23,26-30,32-33,35,47H,18-21,42H2,1-7H3;1-3H3,(H2,6,7);1H3,(H,3,4)/t23?,26?,27-,28-,29+,30+,32?,33-,35+,40?,41-;;/m1../s1. The van der Waals surface area contributed by atoms with Crippen molar-refractivity contribution in [2.75, 3.05) is 20.8 Å². The molecule has 17 heteroatoms. The van der Waals surface area contributed by atoms with Crippen LogP contribution in [0.3, 0.4) is 0 Å². The van der Waals surface area contributed by atoms with Gasteiger partial charge in [-0.05, 0) is 70.4 Å². The number of aliphatic hydroxyl groups is 1. The molecule has 4 aliphatic rings. The Morgan fingerprint density at radius 3 is 1.95 bits per heavy atom. The van der Waals surface area contributed by atoms with Gasteiger partial charge < -0.3 is 54.8 Å². The largest absolute Gasteiger partial charge is 0.481 e. The van der Waals surface area contributed by atoms with Crippen LogP contribution < -0.4 is 11.5 Å². The monoisotopic (exact) mass is 910 g/mol. The maximum absolute atomic E-state index is 15.2. The van der Waals surface area contributed by atoms with Gasteiger partial charge in [-0.1, -0.05) is 62.4 Å². The highest BCUT2D eigenvalue weighted by atomic mass is 16.6. The molecular weight excluding hydrogens is 845 g/mol. The second kappa shape index (κ2) is 21.0. The number of fused-ring (bicyclic) bond motifs is 5. The fourth-order valence-corrected chi connectivity index (χ4v) is 9.60. The minimum Gasteiger partial charge on any atom is -0.481 e. The van der Waals surface area contributed by atoms with Crippen LogP contribution in [-0.2, 0) is 58.8 Å². The van der Waals surface area contributed by atoms with Gasteiger partial charge in [-0.25, -0.2) is 14.4 Å². The van der Waals surface area contributed by atoms with E-state index >= 15 is 4.79 Å². The van der Waals surface area contributed by atoms with Gasteiger partial charge in [0.05, 0.1) is 29.8 Å². The first-order valence-corrected chi connectivity index (χ1v) is 21.5. The first kappa shape index (κ1) is 52.4. The van der Waals surface area contributed by atoms with Crippen LogP contribution in [0.25, 0.3) is 0 Å². The maximum atomic E-state index is 15.2. The lowest BCUT2D eigenvalue weighted by Gasteiger charge is -2.65. The molecule has 0 spiro atoms. The number of ether oxygens (including phenoxy) is 7. The molecule has 6 rings (SSSR count). The van der Waals surface area contributed by atoms with E-state index in [1.165, 1.54) is 21.1 Å². The van der Waals surface area contributed by atoms with Gasteiger partial charge in [-0.15, -0.1) is 0 Å².